The molecule has 2 N–H and O–H groups in total. The largest absolute Gasteiger partial charge is 0.456 e. The van der Waals surface area contributed by atoms with E-state index in [1.807, 2.05) is 0 Å². The number of ether oxygens (including phenoxy) is 1. The summed E-state index contributed by atoms with van der Waals surface area (Å²) in [5.41, 5.74) is 7.47. The number of nitrogens with zero attached hydrogens (tertiary/aromatic N) is 2. The lowest BCUT2D eigenvalue weighted by Crippen LogP contribution is -2.09. The number of nitrogens with two attached hydrogens (primary N) is 1. The van der Waals surface area contributed by atoms with E-state index in [4.69, 9.17) is 10.5 Å². The van der Waals surface area contributed by atoms with Gasteiger partial charge in [-0.1, -0.05) is 0 Å². The van der Waals surface area contributed by atoms with Gasteiger partial charge in [0.25, 0.3) is 0 Å². The quantitative estimate of drug-likeness (QED) is 0.810. The molecule has 0 bridgehead atoms. The van der Waals surface area contributed by atoms with E-state index >= 15 is 0 Å². The van der Waals surface area contributed by atoms with E-state index in [0.29, 0.717) is 11.4 Å². The van der Waals surface area contributed by atoms with Crippen molar-refractivity contribution in [1.29, 1.82) is 0 Å². The van der Waals surface area contributed by atoms with Gasteiger partial charge in [0.2, 0.25) is 0 Å². The monoisotopic (exact) mass is 231 g/mol. The molecule has 5 heteroatoms. The molecular formula is C12H13N3O2. The molecule has 0 aliphatic heterocycles. The highest BCUT2D eigenvalue weighted by atomic mass is 16.5. The number of hydrogen-bond acceptors (Lipinski definition) is 4. The van der Waals surface area contributed by atoms with Crippen LogP contribution in [-0.2, 0) is 18.4 Å². The van der Waals surface area contributed by atoms with Crippen LogP contribution in [0.1, 0.15) is 16.1 Å². The SMILES string of the molecule is Cn1cc(N)cc1C(=O)OCc1ccncc1. The third kappa shape index (κ3) is 2.63. The standard InChI is InChI=1S/C12H13N3O2/c1-15-7-10(13)6-11(15)12(16)17-8-9-2-4-14-5-3-9/h2-7H,8,13H2,1H3. The lowest BCUT2D eigenvalue weighted by molar-refractivity contribution is 0.0461. The third-order valence-corrected chi connectivity index (χ3v) is 2.35. The summed E-state index contributed by atoms with van der Waals surface area (Å²) >= 11 is 0. The van der Waals surface area contributed by atoms with Gasteiger partial charge >= 0.3 is 5.97 Å². The van der Waals surface area contributed by atoms with Gasteiger partial charge in [-0.3, -0.25) is 4.98 Å². The third-order valence-electron chi connectivity index (χ3n) is 2.35. The fraction of sp³-hybridized carbons (Fsp3) is 0.167. The molecule has 0 saturated carbocycles. The first kappa shape index (κ1) is 11.2. The molecule has 2 heterocycles. The molecule has 0 fully saturated rings. The van der Waals surface area contributed by atoms with Crippen molar-refractivity contribution in [3.05, 3.63) is 48.0 Å². The van der Waals surface area contributed by atoms with Crippen molar-refractivity contribution >= 4 is 11.7 Å². The number of pyridine rings is 1. The Balaban J connectivity index is 2.01. The first-order valence-corrected chi connectivity index (χ1v) is 5.14. The molecule has 0 spiro atoms. The normalized spacial score (nSPS) is 10.2. The average Bonchev–Trinajstić information content (AvgIpc) is 2.67. The summed E-state index contributed by atoms with van der Waals surface area (Å²) in [5, 5.41) is 0. The molecule has 0 saturated heterocycles. The van der Waals surface area contributed by atoms with E-state index in [-0.39, 0.29) is 12.6 Å². The zero-order chi connectivity index (χ0) is 12.3. The highest BCUT2D eigenvalue weighted by molar-refractivity contribution is 5.89. The minimum Gasteiger partial charge on any atom is -0.456 e. The van der Waals surface area contributed by atoms with Crippen molar-refractivity contribution in [2.75, 3.05) is 5.73 Å². The molecule has 0 atom stereocenters. The predicted molar refractivity (Wildman–Crippen MR) is 63.2 cm³/mol. The first-order valence-electron chi connectivity index (χ1n) is 5.14. The molecule has 0 aromatic carbocycles. The summed E-state index contributed by atoms with van der Waals surface area (Å²) in [7, 11) is 1.75. The summed E-state index contributed by atoms with van der Waals surface area (Å²) in [5.74, 6) is -0.388. The van der Waals surface area contributed by atoms with Crippen molar-refractivity contribution in [2.24, 2.45) is 7.05 Å². The number of carbonyl (C=O) groups excluding carboxylic acids is 1. The molecule has 17 heavy (non-hydrogen) atoms. The van der Waals surface area contributed by atoms with Gasteiger partial charge in [0.05, 0.1) is 5.69 Å². The Hall–Kier alpha value is -2.30. The first-order chi connectivity index (χ1) is 8.16. The highest BCUT2D eigenvalue weighted by Gasteiger charge is 2.12. The van der Waals surface area contributed by atoms with E-state index in [1.165, 1.54) is 0 Å². The fourth-order valence-electron chi connectivity index (χ4n) is 1.49. The molecule has 2 rings (SSSR count). The van der Waals surface area contributed by atoms with Gasteiger partial charge in [-0.25, -0.2) is 4.79 Å². The van der Waals surface area contributed by atoms with Crippen molar-refractivity contribution in [3.63, 3.8) is 0 Å². The summed E-state index contributed by atoms with van der Waals surface area (Å²) in [6, 6.07) is 5.19. The zero-order valence-electron chi connectivity index (χ0n) is 9.46. The lowest BCUT2D eigenvalue weighted by Gasteiger charge is -2.05. The average molecular weight is 231 g/mol. The van der Waals surface area contributed by atoms with Gasteiger partial charge in [-0.05, 0) is 23.8 Å². The van der Waals surface area contributed by atoms with Crippen molar-refractivity contribution in [2.45, 2.75) is 6.61 Å². The van der Waals surface area contributed by atoms with Gasteiger partial charge in [0.1, 0.15) is 12.3 Å². The summed E-state index contributed by atoms with van der Waals surface area (Å²) < 4.78 is 6.81. The molecule has 0 radical (unpaired) electrons. The predicted octanol–water partition coefficient (Wildman–Crippen LogP) is 1.36. The maximum Gasteiger partial charge on any atom is 0.355 e. The lowest BCUT2D eigenvalue weighted by atomic mass is 10.3. The Morgan fingerprint density at radius 3 is 2.76 bits per heavy atom. The second-order valence-electron chi connectivity index (χ2n) is 3.70. The van der Waals surface area contributed by atoms with Crippen molar-refractivity contribution in [3.8, 4) is 0 Å². The molecule has 0 amide bonds. The van der Waals surface area contributed by atoms with Gasteiger partial charge in [-0.2, -0.15) is 0 Å². The number of aryl methyl sites for hydroxylation is 1. The minimum absolute atomic E-state index is 0.229. The highest BCUT2D eigenvalue weighted by Crippen LogP contribution is 2.11. The van der Waals surface area contributed by atoms with Crippen LogP contribution in [0.2, 0.25) is 0 Å². The molecule has 2 aromatic rings. The number of hydrogen-bond donors (Lipinski definition) is 1. The maximum absolute atomic E-state index is 11.7. The van der Waals surface area contributed by atoms with Crippen molar-refractivity contribution < 1.29 is 9.53 Å². The topological polar surface area (TPSA) is 70.1 Å². The van der Waals surface area contributed by atoms with Gasteiger partial charge in [-0.15, -0.1) is 0 Å². The van der Waals surface area contributed by atoms with Gasteiger partial charge in [0.15, 0.2) is 0 Å². The number of rotatable bonds is 3. The van der Waals surface area contributed by atoms with Crippen LogP contribution in [0, 0.1) is 0 Å². The van der Waals surface area contributed by atoms with E-state index in [1.54, 1.807) is 48.4 Å². The second-order valence-corrected chi connectivity index (χ2v) is 3.70. The van der Waals surface area contributed by atoms with E-state index in [2.05, 4.69) is 4.98 Å². The van der Waals surface area contributed by atoms with Crippen LogP contribution in [0.5, 0.6) is 0 Å². The summed E-state index contributed by atoms with van der Waals surface area (Å²) in [6.07, 6.45) is 4.98. The Kier molecular flexibility index (Phi) is 3.09. The Bertz CT molecular complexity index is 520. The van der Waals surface area contributed by atoms with Crippen LogP contribution >= 0.6 is 0 Å². The van der Waals surface area contributed by atoms with Gasteiger partial charge < -0.3 is 15.0 Å². The molecule has 0 unspecified atom stereocenters. The van der Waals surface area contributed by atoms with E-state index in [9.17, 15) is 4.79 Å². The molecule has 5 nitrogen and oxygen atoms in total. The second kappa shape index (κ2) is 4.69. The molecule has 2 aromatic heterocycles. The molecular weight excluding hydrogens is 218 g/mol. The smallest absolute Gasteiger partial charge is 0.355 e. The molecule has 0 aliphatic rings. The number of aromatic nitrogens is 2. The van der Waals surface area contributed by atoms with E-state index < -0.39 is 0 Å². The summed E-state index contributed by atoms with van der Waals surface area (Å²) in [6.45, 7) is 0.229. The summed E-state index contributed by atoms with van der Waals surface area (Å²) in [4.78, 5) is 15.6. The van der Waals surface area contributed by atoms with Gasteiger partial charge in [0, 0.05) is 25.6 Å². The molecule has 0 aliphatic carbocycles. The number of esters is 1. The van der Waals surface area contributed by atoms with Crippen LogP contribution in [0.15, 0.2) is 36.8 Å². The Morgan fingerprint density at radius 1 is 1.47 bits per heavy atom. The van der Waals surface area contributed by atoms with Crippen LogP contribution in [-0.4, -0.2) is 15.5 Å². The minimum atomic E-state index is -0.388. The zero-order valence-corrected chi connectivity index (χ0v) is 9.46. The maximum atomic E-state index is 11.7. The van der Waals surface area contributed by atoms with Crippen molar-refractivity contribution in [1.82, 2.24) is 9.55 Å². The Morgan fingerprint density at radius 2 is 2.18 bits per heavy atom. The Labute approximate surface area is 98.8 Å². The fourth-order valence-corrected chi connectivity index (χ4v) is 1.49. The van der Waals surface area contributed by atoms with Crippen LogP contribution in [0.3, 0.4) is 0 Å². The number of nitrogen functional groups attached to an aromatic ring is 1. The van der Waals surface area contributed by atoms with Crippen LogP contribution in [0.4, 0.5) is 5.69 Å². The number of anilines is 1. The molecule has 88 valence electrons. The van der Waals surface area contributed by atoms with Crippen LogP contribution < -0.4 is 5.73 Å². The van der Waals surface area contributed by atoms with Crippen LogP contribution in [0.25, 0.3) is 0 Å². The van der Waals surface area contributed by atoms with E-state index in [0.717, 1.165) is 5.56 Å². The number of carbonyl (C=O) groups is 1.